The molecule has 1 aliphatic rings. The van der Waals surface area contributed by atoms with Gasteiger partial charge in [-0.1, -0.05) is 12.1 Å². The number of halogens is 3. The van der Waals surface area contributed by atoms with Crippen molar-refractivity contribution in [3.8, 4) is 11.4 Å². The molecule has 0 saturated carbocycles. The topological polar surface area (TPSA) is 76.4 Å². The second-order valence-electron chi connectivity index (χ2n) is 7.22. The zero-order valence-electron chi connectivity index (χ0n) is 15.4. The molecule has 1 N–H and O–H groups in total. The fourth-order valence-electron chi connectivity index (χ4n) is 3.43. The number of hydrogen-bond acceptors (Lipinski definition) is 5. The van der Waals surface area contributed by atoms with Crippen LogP contribution in [0.1, 0.15) is 18.4 Å². The van der Waals surface area contributed by atoms with Gasteiger partial charge in [-0.05, 0) is 43.0 Å². The Kier molecular flexibility index (Phi) is 4.97. The van der Waals surface area contributed by atoms with Gasteiger partial charge < -0.3 is 5.32 Å². The molecular weight excluding hydrogens is 405 g/mol. The fourth-order valence-corrected chi connectivity index (χ4v) is 5.02. The van der Waals surface area contributed by atoms with Crippen LogP contribution in [-0.2, 0) is 16.0 Å². The lowest BCUT2D eigenvalue weighted by Crippen LogP contribution is -2.27. The molecule has 154 valence electrons. The van der Waals surface area contributed by atoms with Gasteiger partial charge in [0, 0.05) is 18.3 Å². The minimum absolute atomic E-state index is 0.212. The normalized spacial score (nSPS) is 17.5. The minimum atomic E-state index is -4.43. The Bertz CT molecular complexity index is 1130. The van der Waals surface area contributed by atoms with Crippen LogP contribution in [0, 0.1) is 5.92 Å². The molecule has 1 aromatic carbocycles. The summed E-state index contributed by atoms with van der Waals surface area (Å²) in [6, 6.07) is 8.53. The molecule has 0 aliphatic carbocycles. The van der Waals surface area contributed by atoms with Gasteiger partial charge >= 0.3 is 6.18 Å². The van der Waals surface area contributed by atoms with Gasteiger partial charge in [0.2, 0.25) is 0 Å². The largest absolute Gasteiger partial charge is 0.416 e. The predicted molar refractivity (Wildman–Crippen MR) is 103 cm³/mol. The van der Waals surface area contributed by atoms with Crippen molar-refractivity contribution in [1.82, 2.24) is 14.6 Å². The zero-order chi connectivity index (χ0) is 20.6. The van der Waals surface area contributed by atoms with Crippen LogP contribution in [-0.4, -0.2) is 41.1 Å². The molecule has 29 heavy (non-hydrogen) atoms. The molecule has 3 heterocycles. The Morgan fingerprint density at radius 3 is 2.59 bits per heavy atom. The first-order valence-electron chi connectivity index (χ1n) is 9.18. The molecule has 2 aromatic heterocycles. The number of nitrogens with zero attached hydrogens (tertiary/aromatic N) is 3. The molecule has 1 fully saturated rings. The Hall–Kier alpha value is -2.62. The lowest BCUT2D eigenvalue weighted by molar-refractivity contribution is -0.137. The van der Waals surface area contributed by atoms with Gasteiger partial charge in [0.25, 0.3) is 0 Å². The number of sulfone groups is 1. The van der Waals surface area contributed by atoms with Gasteiger partial charge in [0.1, 0.15) is 9.84 Å². The van der Waals surface area contributed by atoms with Crippen LogP contribution in [0.4, 0.5) is 18.9 Å². The lowest BCUT2D eigenvalue weighted by Gasteiger charge is -2.22. The molecule has 0 atom stereocenters. The lowest BCUT2D eigenvalue weighted by atomic mass is 10.0. The van der Waals surface area contributed by atoms with Gasteiger partial charge in [-0.2, -0.15) is 13.2 Å². The highest BCUT2D eigenvalue weighted by molar-refractivity contribution is 7.91. The maximum Gasteiger partial charge on any atom is 0.416 e. The van der Waals surface area contributed by atoms with E-state index in [9.17, 15) is 21.6 Å². The molecule has 0 unspecified atom stereocenters. The van der Waals surface area contributed by atoms with Gasteiger partial charge in [0.05, 0.1) is 22.8 Å². The molecule has 0 amide bonds. The number of rotatable bonds is 4. The number of anilines is 1. The van der Waals surface area contributed by atoms with Crippen molar-refractivity contribution in [2.24, 2.45) is 5.92 Å². The van der Waals surface area contributed by atoms with E-state index in [2.05, 4.69) is 15.5 Å². The number of alkyl halides is 3. The summed E-state index contributed by atoms with van der Waals surface area (Å²) < 4.78 is 63.8. The Morgan fingerprint density at radius 2 is 1.86 bits per heavy atom. The maximum atomic E-state index is 13.0. The summed E-state index contributed by atoms with van der Waals surface area (Å²) in [6.07, 6.45) is -1.44. The number of benzene rings is 1. The third-order valence-corrected chi connectivity index (χ3v) is 6.83. The summed E-state index contributed by atoms with van der Waals surface area (Å²) in [5, 5.41) is 11.4. The average Bonchev–Trinajstić information content (AvgIpc) is 3.10. The van der Waals surface area contributed by atoms with Gasteiger partial charge in [-0.3, -0.25) is 4.40 Å². The van der Waals surface area contributed by atoms with E-state index in [1.54, 1.807) is 22.7 Å². The molecule has 1 saturated heterocycles. The summed E-state index contributed by atoms with van der Waals surface area (Å²) in [6.45, 7) is 0.627. The molecule has 10 heteroatoms. The van der Waals surface area contributed by atoms with Crippen molar-refractivity contribution in [1.29, 1.82) is 0 Å². The first-order valence-corrected chi connectivity index (χ1v) is 11.0. The average molecular weight is 424 g/mol. The van der Waals surface area contributed by atoms with Crippen molar-refractivity contribution in [3.63, 3.8) is 0 Å². The molecule has 3 aromatic rings. The minimum Gasteiger partial charge on any atom is -0.384 e. The van der Waals surface area contributed by atoms with E-state index in [0.717, 1.165) is 17.8 Å². The summed E-state index contributed by atoms with van der Waals surface area (Å²) in [5.41, 5.74) is 0.862. The van der Waals surface area contributed by atoms with Crippen molar-refractivity contribution in [2.75, 3.05) is 23.4 Å². The van der Waals surface area contributed by atoms with Crippen LogP contribution in [0.3, 0.4) is 0 Å². The standard InChI is InChI=1S/C19H19F3N4O2S/c20-19(21,22)15-3-1-2-14(10-15)18-25-24-17-5-4-16(12-26(17)18)23-11-13-6-8-29(27,28)9-7-13/h1-5,10,12-13,23H,6-9,11H2. The SMILES string of the molecule is O=S1(=O)CCC(CNc2ccc3nnc(-c4cccc(C(F)(F)F)c4)n3c2)CC1. The quantitative estimate of drug-likeness (QED) is 0.692. The van der Waals surface area contributed by atoms with Gasteiger partial charge in [-0.15, -0.1) is 10.2 Å². The molecule has 0 radical (unpaired) electrons. The highest BCUT2D eigenvalue weighted by Crippen LogP contribution is 2.32. The molecular formula is C19H19F3N4O2S. The van der Waals surface area contributed by atoms with Crippen LogP contribution in [0.15, 0.2) is 42.6 Å². The monoisotopic (exact) mass is 424 g/mol. The highest BCUT2D eigenvalue weighted by Gasteiger charge is 2.30. The van der Waals surface area contributed by atoms with Gasteiger partial charge in [0.15, 0.2) is 11.5 Å². The van der Waals surface area contributed by atoms with E-state index in [1.165, 1.54) is 6.07 Å². The van der Waals surface area contributed by atoms with E-state index in [4.69, 9.17) is 0 Å². The first-order chi connectivity index (χ1) is 13.7. The van der Waals surface area contributed by atoms with E-state index in [-0.39, 0.29) is 17.4 Å². The second kappa shape index (κ2) is 7.33. The third kappa shape index (κ3) is 4.36. The molecule has 1 aliphatic heterocycles. The predicted octanol–water partition coefficient (Wildman–Crippen LogP) is 3.65. The Labute approximate surface area is 165 Å². The van der Waals surface area contributed by atoms with E-state index in [1.807, 2.05) is 6.07 Å². The van der Waals surface area contributed by atoms with Crippen LogP contribution >= 0.6 is 0 Å². The van der Waals surface area contributed by atoms with E-state index < -0.39 is 21.6 Å². The summed E-state index contributed by atoms with van der Waals surface area (Å²) in [4.78, 5) is 0. The highest BCUT2D eigenvalue weighted by atomic mass is 32.2. The smallest absolute Gasteiger partial charge is 0.384 e. The molecule has 0 bridgehead atoms. The van der Waals surface area contributed by atoms with E-state index in [0.29, 0.717) is 36.4 Å². The molecule has 4 rings (SSSR count). The first kappa shape index (κ1) is 19.7. The fraction of sp³-hybridized carbons (Fsp3) is 0.368. The number of aromatic nitrogens is 3. The van der Waals surface area contributed by atoms with Crippen LogP contribution < -0.4 is 5.32 Å². The summed E-state index contributed by atoms with van der Waals surface area (Å²) in [5.74, 6) is 1.00. The maximum absolute atomic E-state index is 13.0. The van der Waals surface area contributed by atoms with Crippen molar-refractivity contribution < 1.29 is 21.6 Å². The number of hydrogen-bond donors (Lipinski definition) is 1. The second-order valence-corrected chi connectivity index (χ2v) is 9.53. The van der Waals surface area contributed by atoms with Crippen molar-refractivity contribution >= 4 is 21.2 Å². The van der Waals surface area contributed by atoms with Crippen LogP contribution in [0.25, 0.3) is 17.0 Å². The third-order valence-electron chi connectivity index (χ3n) is 5.12. The van der Waals surface area contributed by atoms with Crippen molar-refractivity contribution in [3.05, 3.63) is 48.2 Å². The molecule has 0 spiro atoms. The Morgan fingerprint density at radius 1 is 1.10 bits per heavy atom. The van der Waals surface area contributed by atoms with Crippen LogP contribution in [0.5, 0.6) is 0 Å². The Balaban J connectivity index is 1.56. The number of nitrogens with one attached hydrogen (secondary N) is 1. The summed E-state index contributed by atoms with van der Waals surface area (Å²) in [7, 11) is -2.90. The van der Waals surface area contributed by atoms with Crippen molar-refractivity contribution in [2.45, 2.75) is 19.0 Å². The zero-order valence-corrected chi connectivity index (χ0v) is 16.2. The van der Waals surface area contributed by atoms with E-state index >= 15 is 0 Å². The van der Waals surface area contributed by atoms with Gasteiger partial charge in [-0.25, -0.2) is 8.42 Å². The van der Waals surface area contributed by atoms with Crippen LogP contribution in [0.2, 0.25) is 0 Å². The molecule has 6 nitrogen and oxygen atoms in total. The number of fused-ring (bicyclic) bond motifs is 1. The number of pyridine rings is 1. The summed E-state index contributed by atoms with van der Waals surface area (Å²) >= 11 is 0.